The van der Waals surface area contributed by atoms with Crippen molar-refractivity contribution < 1.29 is 0 Å². The van der Waals surface area contributed by atoms with Crippen LogP contribution >= 0.6 is 0 Å². The molecule has 0 fully saturated rings. The van der Waals surface area contributed by atoms with Gasteiger partial charge in [0.2, 0.25) is 0 Å². The summed E-state index contributed by atoms with van der Waals surface area (Å²) in [6.07, 6.45) is 0. The minimum atomic E-state index is 0.580. The normalized spacial score (nSPS) is 11.3. The van der Waals surface area contributed by atoms with Gasteiger partial charge < -0.3 is 9.13 Å². The van der Waals surface area contributed by atoms with E-state index in [0.29, 0.717) is 11.1 Å². The molecule has 0 amide bonds. The van der Waals surface area contributed by atoms with E-state index in [1.165, 1.54) is 10.8 Å². The summed E-state index contributed by atoms with van der Waals surface area (Å²) in [5, 5.41) is 24.9. The first kappa shape index (κ1) is 27.4. The molecule has 4 heteroatoms. The molecule has 0 aliphatic carbocycles. The predicted octanol–water partition coefficient (Wildman–Crippen LogP) is 11.0. The van der Waals surface area contributed by atoms with Gasteiger partial charge in [0, 0.05) is 38.4 Å². The van der Waals surface area contributed by atoms with Crippen LogP contribution in [0.3, 0.4) is 0 Å². The molecule has 9 aromatic rings. The maximum atomic E-state index is 10.6. The summed E-state index contributed by atoms with van der Waals surface area (Å²) in [6, 6.07) is 58.9. The van der Waals surface area contributed by atoms with Crippen molar-refractivity contribution >= 4 is 43.6 Å². The zero-order valence-corrected chi connectivity index (χ0v) is 25.8. The Labute approximate surface area is 277 Å². The lowest BCUT2D eigenvalue weighted by atomic mass is 9.91. The van der Waals surface area contributed by atoms with Crippen molar-refractivity contribution in [3.63, 3.8) is 0 Å². The Hall–Kier alpha value is -6.88. The van der Waals surface area contributed by atoms with Crippen LogP contribution in [-0.4, -0.2) is 9.13 Å². The molecule has 2 aromatic heterocycles. The van der Waals surface area contributed by atoms with Crippen LogP contribution in [0.5, 0.6) is 0 Å². The van der Waals surface area contributed by atoms with Crippen LogP contribution in [0.1, 0.15) is 11.1 Å². The first-order chi connectivity index (χ1) is 23.7. The Morgan fingerprint density at radius 2 is 0.896 bits per heavy atom. The van der Waals surface area contributed by atoms with Crippen LogP contribution in [0.4, 0.5) is 0 Å². The molecule has 4 nitrogen and oxygen atoms in total. The lowest BCUT2D eigenvalue weighted by Crippen LogP contribution is -1.99. The molecule has 0 saturated heterocycles. The highest BCUT2D eigenvalue weighted by atomic mass is 15.0. The molecule has 0 radical (unpaired) electrons. The molecule has 48 heavy (non-hydrogen) atoms. The number of nitriles is 2. The van der Waals surface area contributed by atoms with Gasteiger partial charge in [-0.15, -0.1) is 0 Å². The Kier molecular flexibility index (Phi) is 6.22. The number of benzene rings is 7. The van der Waals surface area contributed by atoms with Gasteiger partial charge in [-0.25, -0.2) is 0 Å². The van der Waals surface area contributed by atoms with Gasteiger partial charge in [0.05, 0.1) is 51.0 Å². The molecule has 0 spiro atoms. The highest BCUT2D eigenvalue weighted by molar-refractivity contribution is 6.11. The molecule has 0 bridgehead atoms. The summed E-state index contributed by atoms with van der Waals surface area (Å²) in [4.78, 5) is 0. The van der Waals surface area contributed by atoms with E-state index in [4.69, 9.17) is 0 Å². The van der Waals surface area contributed by atoms with Crippen LogP contribution in [0.15, 0.2) is 158 Å². The summed E-state index contributed by atoms with van der Waals surface area (Å²) in [6.45, 7) is 0. The van der Waals surface area contributed by atoms with Crippen LogP contribution < -0.4 is 0 Å². The Bertz CT molecular complexity index is 2760. The fourth-order valence-electron chi connectivity index (χ4n) is 7.35. The number of hydrogen-bond acceptors (Lipinski definition) is 2. The van der Waals surface area contributed by atoms with Crippen molar-refractivity contribution in [2.75, 3.05) is 0 Å². The molecular formula is C44H26N4. The number of rotatable bonds is 4. The Balaban J connectivity index is 1.25. The van der Waals surface area contributed by atoms with Crippen LogP contribution in [0.2, 0.25) is 0 Å². The third-order valence-corrected chi connectivity index (χ3v) is 9.42. The first-order valence-corrected chi connectivity index (χ1v) is 15.9. The van der Waals surface area contributed by atoms with Crippen LogP contribution in [-0.2, 0) is 0 Å². The summed E-state index contributed by atoms with van der Waals surface area (Å²) in [7, 11) is 0. The molecule has 0 atom stereocenters. The van der Waals surface area contributed by atoms with Gasteiger partial charge in [-0.3, -0.25) is 0 Å². The fourth-order valence-corrected chi connectivity index (χ4v) is 7.35. The number of nitrogens with zero attached hydrogens (tertiary/aromatic N) is 4. The Morgan fingerprint density at radius 1 is 0.375 bits per heavy atom. The van der Waals surface area contributed by atoms with Crippen molar-refractivity contribution in [1.82, 2.24) is 9.13 Å². The van der Waals surface area contributed by atoms with Crippen LogP contribution in [0, 0.1) is 22.7 Å². The third-order valence-electron chi connectivity index (χ3n) is 9.42. The molecular weight excluding hydrogens is 585 g/mol. The van der Waals surface area contributed by atoms with E-state index >= 15 is 0 Å². The lowest BCUT2D eigenvalue weighted by Gasteiger charge is -2.18. The number of aromatic nitrogens is 2. The van der Waals surface area contributed by atoms with E-state index in [9.17, 15) is 10.5 Å². The molecule has 2 heterocycles. The first-order valence-electron chi connectivity index (χ1n) is 15.9. The van der Waals surface area contributed by atoms with E-state index in [0.717, 1.165) is 66.5 Å². The van der Waals surface area contributed by atoms with Crippen molar-refractivity contribution in [3.8, 4) is 45.8 Å². The van der Waals surface area contributed by atoms with Gasteiger partial charge in [-0.1, -0.05) is 109 Å². The summed E-state index contributed by atoms with van der Waals surface area (Å²) in [5.41, 5.74) is 11.4. The molecule has 0 saturated carbocycles. The zero-order valence-electron chi connectivity index (χ0n) is 25.8. The summed E-state index contributed by atoms with van der Waals surface area (Å²) in [5.74, 6) is 0. The smallest absolute Gasteiger partial charge is 0.0998 e. The van der Waals surface area contributed by atoms with Crippen molar-refractivity contribution in [3.05, 3.63) is 169 Å². The van der Waals surface area contributed by atoms with E-state index in [2.05, 4.69) is 137 Å². The van der Waals surface area contributed by atoms with Gasteiger partial charge in [-0.2, -0.15) is 10.5 Å². The van der Waals surface area contributed by atoms with Gasteiger partial charge in [0.1, 0.15) is 0 Å². The predicted molar refractivity (Wildman–Crippen MR) is 195 cm³/mol. The standard InChI is InChI=1S/C44H26N4/c45-27-29-21-23-39-38-16-4-7-17-40(38)47(44(39)25-29)31-22-24-32(30(26-31)28-46)33-11-1-2-12-34(33)35-13-3-8-18-41(35)48-42-19-9-5-14-36(42)37-15-6-10-20-43(37)48/h1-26H. The minimum Gasteiger partial charge on any atom is -0.309 e. The molecule has 7 aromatic carbocycles. The molecule has 0 aliphatic rings. The maximum Gasteiger partial charge on any atom is 0.0998 e. The highest BCUT2D eigenvalue weighted by Crippen LogP contribution is 2.41. The zero-order chi connectivity index (χ0) is 32.2. The molecule has 0 unspecified atom stereocenters. The number of para-hydroxylation sites is 4. The lowest BCUT2D eigenvalue weighted by molar-refractivity contribution is 1.17. The average molecular weight is 611 g/mol. The van der Waals surface area contributed by atoms with Crippen molar-refractivity contribution in [2.24, 2.45) is 0 Å². The maximum absolute atomic E-state index is 10.6. The largest absolute Gasteiger partial charge is 0.309 e. The molecule has 0 N–H and O–H groups in total. The highest BCUT2D eigenvalue weighted by Gasteiger charge is 2.19. The Morgan fingerprint density at radius 3 is 1.52 bits per heavy atom. The summed E-state index contributed by atoms with van der Waals surface area (Å²) < 4.78 is 4.50. The van der Waals surface area contributed by atoms with E-state index in [1.807, 2.05) is 42.5 Å². The van der Waals surface area contributed by atoms with Crippen LogP contribution in [0.25, 0.3) is 77.2 Å². The SMILES string of the molecule is N#Cc1ccc2c3ccccc3n(-c3ccc(-c4ccccc4-c4ccccc4-n4c5ccccc5c5ccccc54)c(C#N)c3)c2c1. The summed E-state index contributed by atoms with van der Waals surface area (Å²) >= 11 is 0. The van der Waals surface area contributed by atoms with Gasteiger partial charge in [-0.05, 0) is 59.7 Å². The molecule has 222 valence electrons. The number of hydrogen-bond donors (Lipinski definition) is 0. The van der Waals surface area contributed by atoms with Crippen molar-refractivity contribution in [1.29, 1.82) is 10.5 Å². The topological polar surface area (TPSA) is 57.4 Å². The second-order valence-corrected chi connectivity index (χ2v) is 12.0. The van der Waals surface area contributed by atoms with Gasteiger partial charge >= 0.3 is 0 Å². The van der Waals surface area contributed by atoms with Crippen molar-refractivity contribution in [2.45, 2.75) is 0 Å². The average Bonchev–Trinajstić information content (AvgIpc) is 3.67. The molecule has 9 rings (SSSR count). The number of fused-ring (bicyclic) bond motifs is 6. The second-order valence-electron chi connectivity index (χ2n) is 12.0. The molecule has 0 aliphatic heterocycles. The minimum absolute atomic E-state index is 0.580. The third kappa shape index (κ3) is 4.07. The van der Waals surface area contributed by atoms with E-state index < -0.39 is 0 Å². The van der Waals surface area contributed by atoms with E-state index in [1.54, 1.807) is 0 Å². The second kappa shape index (κ2) is 10.9. The quantitative estimate of drug-likeness (QED) is 0.199. The monoisotopic (exact) mass is 610 g/mol. The van der Waals surface area contributed by atoms with Gasteiger partial charge in [0.25, 0.3) is 0 Å². The fraction of sp³-hybridized carbons (Fsp3) is 0. The van der Waals surface area contributed by atoms with E-state index in [-0.39, 0.29) is 0 Å². The van der Waals surface area contributed by atoms with Gasteiger partial charge in [0.15, 0.2) is 0 Å².